The zero-order valence-electron chi connectivity index (χ0n) is 18.6. The van der Waals surface area contributed by atoms with Gasteiger partial charge in [-0.15, -0.1) is 23.2 Å². The van der Waals surface area contributed by atoms with Crippen LogP contribution in [0.4, 0.5) is 0 Å². The quantitative estimate of drug-likeness (QED) is 0.259. The Morgan fingerprint density at radius 2 is 1.16 bits per heavy atom. The molecule has 4 aromatic rings. The van der Waals surface area contributed by atoms with Crippen LogP contribution in [0.2, 0.25) is 0 Å². The van der Waals surface area contributed by atoms with Gasteiger partial charge in [-0.25, -0.2) is 0 Å². The molecule has 0 saturated heterocycles. The molecule has 31 heavy (non-hydrogen) atoms. The minimum absolute atomic E-state index is 0.0646. The highest BCUT2D eigenvalue weighted by molar-refractivity contribution is 6.98. The predicted molar refractivity (Wildman–Crippen MR) is 140 cm³/mol. The van der Waals surface area contributed by atoms with Gasteiger partial charge in [-0.2, -0.15) is 0 Å². The van der Waals surface area contributed by atoms with E-state index in [0.29, 0.717) is 11.8 Å². The second-order valence-electron chi connectivity index (χ2n) is 8.58. The van der Waals surface area contributed by atoms with Crippen LogP contribution < -0.4 is 16.4 Å². The molecule has 0 aromatic heterocycles. The maximum absolute atomic E-state index is 6.53. The molecule has 4 aromatic carbocycles. The zero-order chi connectivity index (χ0) is 22.1. The Hall–Kier alpha value is -2.22. The summed E-state index contributed by atoms with van der Waals surface area (Å²) in [5.41, 5.74) is 11.3. The second-order valence-corrected chi connectivity index (χ2v) is 9.11. The number of rotatable bonds is 5. The highest BCUT2D eigenvalue weighted by atomic mass is 35.5. The van der Waals surface area contributed by atoms with Crippen molar-refractivity contribution in [2.24, 2.45) is 0 Å². The molecule has 3 heteroatoms. The molecule has 0 amide bonds. The van der Waals surface area contributed by atoms with Crippen molar-refractivity contribution in [1.29, 1.82) is 0 Å². The SMILES string of the molecule is Cc1cc(C)c(B(c2c(C)cc(C)cc2CCl)c2cccc3ccccc23)c(CCl)c1. The zero-order valence-corrected chi connectivity index (χ0v) is 20.1. The van der Waals surface area contributed by atoms with Gasteiger partial charge in [0, 0.05) is 11.8 Å². The lowest BCUT2D eigenvalue weighted by molar-refractivity contribution is 1.31. The molecule has 0 N–H and O–H groups in total. The molecule has 0 bridgehead atoms. The van der Waals surface area contributed by atoms with Crippen molar-refractivity contribution in [3.63, 3.8) is 0 Å². The molecule has 0 spiro atoms. The first kappa shape index (κ1) is 22.0. The van der Waals surface area contributed by atoms with Crippen LogP contribution in [0.3, 0.4) is 0 Å². The Kier molecular flexibility index (Phi) is 6.46. The van der Waals surface area contributed by atoms with Gasteiger partial charge in [-0.05, 0) is 49.6 Å². The Morgan fingerprint density at radius 3 is 1.71 bits per heavy atom. The first-order valence-corrected chi connectivity index (χ1v) is 11.8. The van der Waals surface area contributed by atoms with Crippen LogP contribution in [0.5, 0.6) is 0 Å². The van der Waals surface area contributed by atoms with Crippen LogP contribution in [-0.2, 0) is 11.8 Å². The van der Waals surface area contributed by atoms with E-state index in [1.165, 1.54) is 60.5 Å². The van der Waals surface area contributed by atoms with E-state index in [-0.39, 0.29) is 6.71 Å². The van der Waals surface area contributed by atoms with E-state index in [9.17, 15) is 0 Å². The molecule has 4 rings (SSSR count). The topological polar surface area (TPSA) is 0 Å². The summed E-state index contributed by atoms with van der Waals surface area (Å²) in [6, 6.07) is 24.3. The average molecular weight is 445 g/mol. The van der Waals surface area contributed by atoms with Crippen molar-refractivity contribution in [2.45, 2.75) is 39.5 Å². The normalized spacial score (nSPS) is 11.2. The van der Waals surface area contributed by atoms with Gasteiger partial charge in [-0.3, -0.25) is 0 Å². The highest BCUT2D eigenvalue weighted by Crippen LogP contribution is 2.19. The first-order chi connectivity index (χ1) is 14.9. The molecule has 0 saturated carbocycles. The summed E-state index contributed by atoms with van der Waals surface area (Å²) in [6.45, 7) is 8.76. The molecule has 0 heterocycles. The number of alkyl halides is 2. The lowest BCUT2D eigenvalue weighted by Gasteiger charge is -2.26. The van der Waals surface area contributed by atoms with Crippen LogP contribution in [0.25, 0.3) is 10.8 Å². The summed E-state index contributed by atoms with van der Waals surface area (Å²) < 4.78 is 0. The summed E-state index contributed by atoms with van der Waals surface area (Å²) in [5.74, 6) is 0.973. The number of aryl methyl sites for hydroxylation is 4. The van der Waals surface area contributed by atoms with E-state index in [1.54, 1.807) is 0 Å². The fourth-order valence-electron chi connectivity index (χ4n) is 5.14. The molecule has 0 unspecified atom stereocenters. The lowest BCUT2D eigenvalue weighted by atomic mass is 9.33. The Labute approximate surface area is 196 Å². The smallest absolute Gasteiger partial charge is 0.122 e. The number of hydrogen-bond donors (Lipinski definition) is 0. The number of hydrogen-bond acceptors (Lipinski definition) is 0. The van der Waals surface area contributed by atoms with Crippen LogP contribution in [0, 0.1) is 27.7 Å². The van der Waals surface area contributed by atoms with Crippen LogP contribution in [0.1, 0.15) is 33.4 Å². The molecule has 0 aliphatic carbocycles. The Bertz CT molecular complexity index is 1190. The van der Waals surface area contributed by atoms with Gasteiger partial charge in [0.05, 0.1) is 0 Å². The third-order valence-electron chi connectivity index (χ3n) is 6.23. The molecule has 0 fully saturated rings. The van der Waals surface area contributed by atoms with E-state index in [1.807, 2.05) is 0 Å². The molecule has 0 nitrogen and oxygen atoms in total. The highest BCUT2D eigenvalue weighted by Gasteiger charge is 2.30. The monoisotopic (exact) mass is 444 g/mol. The van der Waals surface area contributed by atoms with Crippen molar-refractivity contribution in [3.8, 4) is 0 Å². The summed E-state index contributed by atoms with van der Waals surface area (Å²) in [4.78, 5) is 0. The Balaban J connectivity index is 2.15. The van der Waals surface area contributed by atoms with Gasteiger partial charge < -0.3 is 0 Å². The third kappa shape index (κ3) is 4.14. The van der Waals surface area contributed by atoms with Gasteiger partial charge in [0.2, 0.25) is 6.71 Å². The van der Waals surface area contributed by atoms with Gasteiger partial charge in [0.1, 0.15) is 0 Å². The number of halogens is 2. The predicted octanol–water partition coefficient (Wildman–Crippen LogP) is 6.07. The second kappa shape index (κ2) is 9.11. The lowest BCUT2D eigenvalue weighted by Crippen LogP contribution is -2.56. The largest absolute Gasteiger partial charge is 0.243 e. The molecule has 0 aliphatic heterocycles. The van der Waals surface area contributed by atoms with E-state index in [2.05, 4.69) is 94.4 Å². The number of benzene rings is 4. The van der Waals surface area contributed by atoms with Crippen molar-refractivity contribution in [1.82, 2.24) is 0 Å². The van der Waals surface area contributed by atoms with Gasteiger partial charge in [0.15, 0.2) is 0 Å². The minimum Gasteiger partial charge on any atom is -0.122 e. The van der Waals surface area contributed by atoms with Crippen molar-refractivity contribution in [3.05, 3.63) is 100 Å². The minimum atomic E-state index is 0.0646. The number of fused-ring (bicyclic) bond motifs is 1. The van der Waals surface area contributed by atoms with Gasteiger partial charge in [0.25, 0.3) is 0 Å². The van der Waals surface area contributed by atoms with Crippen LogP contribution >= 0.6 is 23.2 Å². The molecule has 156 valence electrons. The molecular formula is C28H27BCl2. The van der Waals surface area contributed by atoms with E-state index < -0.39 is 0 Å². The molecular weight excluding hydrogens is 418 g/mol. The molecule has 0 radical (unpaired) electrons. The van der Waals surface area contributed by atoms with Crippen molar-refractivity contribution >= 4 is 57.1 Å². The van der Waals surface area contributed by atoms with E-state index >= 15 is 0 Å². The summed E-state index contributed by atoms with van der Waals surface area (Å²) in [7, 11) is 0. The van der Waals surface area contributed by atoms with Crippen molar-refractivity contribution in [2.75, 3.05) is 0 Å². The van der Waals surface area contributed by atoms with Gasteiger partial charge >= 0.3 is 0 Å². The molecule has 0 aliphatic rings. The summed E-state index contributed by atoms with van der Waals surface area (Å²) >= 11 is 13.1. The Morgan fingerprint density at radius 1 is 0.645 bits per heavy atom. The average Bonchev–Trinajstić information content (AvgIpc) is 2.75. The van der Waals surface area contributed by atoms with Crippen LogP contribution in [-0.4, -0.2) is 6.71 Å². The van der Waals surface area contributed by atoms with Crippen molar-refractivity contribution < 1.29 is 0 Å². The first-order valence-electron chi connectivity index (χ1n) is 10.7. The van der Waals surface area contributed by atoms with Crippen LogP contribution in [0.15, 0.2) is 66.7 Å². The fraction of sp³-hybridized carbons (Fsp3) is 0.214. The standard InChI is InChI=1S/C28H27BCl2/c1-18-12-20(3)27(23(14-18)16-30)29(28-21(4)13-19(2)15-24(28)17-31)26-11-7-9-22-8-5-6-10-25(22)26/h5-15H,16-17H2,1-4H3. The van der Waals surface area contributed by atoms with E-state index in [4.69, 9.17) is 23.2 Å². The van der Waals surface area contributed by atoms with E-state index in [0.717, 1.165) is 0 Å². The summed E-state index contributed by atoms with van der Waals surface area (Å²) in [6.07, 6.45) is 0. The third-order valence-corrected chi connectivity index (χ3v) is 6.81. The fourth-order valence-corrected chi connectivity index (χ4v) is 5.58. The maximum Gasteiger partial charge on any atom is 0.243 e. The molecule has 0 atom stereocenters. The maximum atomic E-state index is 6.53. The summed E-state index contributed by atoms with van der Waals surface area (Å²) in [5, 5.41) is 2.52. The van der Waals surface area contributed by atoms with Gasteiger partial charge in [-0.1, -0.05) is 105 Å².